The lowest BCUT2D eigenvalue weighted by molar-refractivity contribution is -0.125. The fourth-order valence-electron chi connectivity index (χ4n) is 2.08. The molecular formula is C16H23FN2O2. The fraction of sp³-hybridized carbons (Fsp3) is 0.500. The maximum absolute atomic E-state index is 14.2. The molecule has 0 saturated carbocycles. The van der Waals surface area contributed by atoms with Crippen LogP contribution in [0.1, 0.15) is 45.1 Å². The summed E-state index contributed by atoms with van der Waals surface area (Å²) in [5.41, 5.74) is 1.48. The molecule has 0 aliphatic carbocycles. The summed E-state index contributed by atoms with van der Waals surface area (Å²) in [7, 11) is 1.80. The third-order valence-electron chi connectivity index (χ3n) is 3.69. The van der Waals surface area contributed by atoms with Gasteiger partial charge in [0.1, 0.15) is 5.82 Å². The van der Waals surface area contributed by atoms with Crippen molar-refractivity contribution >= 4 is 18.0 Å². The molecule has 0 aliphatic rings. The number of carbonyl (C=O) groups excluding carboxylic acids is 2. The Morgan fingerprint density at radius 1 is 1.38 bits per heavy atom. The number of hydrogen-bond acceptors (Lipinski definition) is 3. The van der Waals surface area contributed by atoms with Crippen molar-refractivity contribution in [3.05, 3.63) is 29.6 Å². The summed E-state index contributed by atoms with van der Waals surface area (Å²) in [4.78, 5) is 23.2. The Labute approximate surface area is 125 Å². The van der Waals surface area contributed by atoms with Crippen LogP contribution in [0.4, 0.5) is 10.1 Å². The van der Waals surface area contributed by atoms with Gasteiger partial charge >= 0.3 is 0 Å². The lowest BCUT2D eigenvalue weighted by Gasteiger charge is -2.27. The largest absolute Gasteiger partial charge is 0.370 e. The van der Waals surface area contributed by atoms with E-state index >= 15 is 0 Å². The molecule has 0 aromatic heterocycles. The second-order valence-corrected chi connectivity index (χ2v) is 5.55. The number of nitrogens with zero attached hydrogens (tertiary/aromatic N) is 1. The van der Waals surface area contributed by atoms with Crippen molar-refractivity contribution < 1.29 is 14.0 Å². The van der Waals surface area contributed by atoms with E-state index in [2.05, 4.69) is 5.32 Å². The van der Waals surface area contributed by atoms with E-state index in [-0.39, 0.29) is 30.1 Å². The third kappa shape index (κ3) is 4.85. The van der Waals surface area contributed by atoms with Crippen LogP contribution in [0.3, 0.4) is 0 Å². The molecule has 1 aromatic carbocycles. The highest BCUT2D eigenvalue weighted by Crippen LogP contribution is 2.25. The van der Waals surface area contributed by atoms with E-state index in [4.69, 9.17) is 0 Å². The molecular weight excluding hydrogens is 271 g/mol. The quantitative estimate of drug-likeness (QED) is 0.787. The Bertz CT molecular complexity index is 503. The zero-order valence-corrected chi connectivity index (χ0v) is 13.0. The van der Waals surface area contributed by atoms with Crippen molar-refractivity contribution in [2.45, 2.75) is 45.6 Å². The van der Waals surface area contributed by atoms with E-state index in [0.29, 0.717) is 18.5 Å². The van der Waals surface area contributed by atoms with E-state index in [1.165, 1.54) is 0 Å². The Hall–Kier alpha value is -1.91. The first kappa shape index (κ1) is 17.1. The zero-order chi connectivity index (χ0) is 16.0. The molecule has 0 saturated heterocycles. The molecule has 0 heterocycles. The van der Waals surface area contributed by atoms with Crippen molar-refractivity contribution in [1.82, 2.24) is 5.32 Å². The molecule has 1 aromatic rings. The highest BCUT2D eigenvalue weighted by Gasteiger charge is 2.16. The van der Waals surface area contributed by atoms with Crippen LogP contribution in [-0.2, 0) is 9.59 Å². The first-order valence-electron chi connectivity index (χ1n) is 7.12. The molecule has 1 N–H and O–H groups in total. The van der Waals surface area contributed by atoms with Gasteiger partial charge in [-0.3, -0.25) is 14.9 Å². The monoisotopic (exact) mass is 294 g/mol. The summed E-state index contributed by atoms with van der Waals surface area (Å²) in [6.07, 6.45) is 1.15. The molecule has 1 unspecified atom stereocenters. The molecule has 0 fully saturated rings. The van der Waals surface area contributed by atoms with Crippen LogP contribution in [0, 0.1) is 5.82 Å². The van der Waals surface area contributed by atoms with Gasteiger partial charge in [0, 0.05) is 19.5 Å². The highest BCUT2D eigenvalue weighted by molar-refractivity contribution is 5.85. The SMILES string of the molecule is CC(C)c1ccc(N(C)C(C)CCC(=O)NC=O)c(F)c1. The first-order valence-corrected chi connectivity index (χ1v) is 7.12. The molecule has 0 bridgehead atoms. The second kappa shape index (κ2) is 7.76. The predicted molar refractivity (Wildman–Crippen MR) is 81.8 cm³/mol. The van der Waals surface area contributed by atoms with Crippen molar-refractivity contribution in [3.63, 3.8) is 0 Å². The van der Waals surface area contributed by atoms with E-state index in [0.717, 1.165) is 5.56 Å². The lowest BCUT2D eigenvalue weighted by Crippen LogP contribution is -2.31. The molecule has 1 rings (SSSR count). The van der Waals surface area contributed by atoms with E-state index in [1.54, 1.807) is 19.2 Å². The number of amides is 2. The van der Waals surface area contributed by atoms with Crippen LogP contribution in [-0.4, -0.2) is 25.4 Å². The van der Waals surface area contributed by atoms with Crippen molar-refractivity contribution in [2.24, 2.45) is 0 Å². The number of anilines is 1. The summed E-state index contributed by atoms with van der Waals surface area (Å²) in [5.74, 6) is -0.294. The van der Waals surface area contributed by atoms with Crippen molar-refractivity contribution in [2.75, 3.05) is 11.9 Å². The Morgan fingerprint density at radius 3 is 2.57 bits per heavy atom. The van der Waals surface area contributed by atoms with Crippen molar-refractivity contribution in [3.8, 4) is 0 Å². The van der Waals surface area contributed by atoms with Gasteiger partial charge in [-0.2, -0.15) is 0 Å². The summed E-state index contributed by atoms with van der Waals surface area (Å²) < 4.78 is 14.2. The van der Waals surface area contributed by atoms with E-state index in [1.807, 2.05) is 31.7 Å². The van der Waals surface area contributed by atoms with Gasteiger partial charge in [0.05, 0.1) is 5.69 Å². The molecule has 5 heteroatoms. The van der Waals surface area contributed by atoms with Gasteiger partial charge in [-0.15, -0.1) is 0 Å². The highest BCUT2D eigenvalue weighted by atomic mass is 19.1. The van der Waals surface area contributed by atoms with Gasteiger partial charge in [-0.1, -0.05) is 19.9 Å². The maximum atomic E-state index is 14.2. The van der Waals surface area contributed by atoms with Gasteiger partial charge in [-0.05, 0) is 37.0 Å². The predicted octanol–water partition coefficient (Wildman–Crippen LogP) is 2.83. The zero-order valence-electron chi connectivity index (χ0n) is 13.0. The molecule has 116 valence electrons. The summed E-state index contributed by atoms with van der Waals surface area (Å²) in [6.45, 7) is 5.96. The minimum atomic E-state index is -0.319. The van der Waals surface area contributed by atoms with E-state index < -0.39 is 0 Å². The van der Waals surface area contributed by atoms with Crippen LogP contribution >= 0.6 is 0 Å². The smallest absolute Gasteiger partial charge is 0.226 e. The molecule has 21 heavy (non-hydrogen) atoms. The summed E-state index contributed by atoms with van der Waals surface area (Å²) in [6, 6.07) is 5.24. The van der Waals surface area contributed by atoms with Crippen LogP contribution in [0.15, 0.2) is 18.2 Å². The van der Waals surface area contributed by atoms with Crippen LogP contribution in [0.2, 0.25) is 0 Å². The molecule has 2 amide bonds. The number of halogens is 1. The number of benzene rings is 1. The second-order valence-electron chi connectivity index (χ2n) is 5.55. The van der Waals surface area contributed by atoms with Gasteiger partial charge in [0.15, 0.2) is 0 Å². The minimum Gasteiger partial charge on any atom is -0.370 e. The number of imide groups is 1. The van der Waals surface area contributed by atoms with Gasteiger partial charge in [0.2, 0.25) is 12.3 Å². The van der Waals surface area contributed by atoms with Crippen LogP contribution in [0.5, 0.6) is 0 Å². The fourth-order valence-corrected chi connectivity index (χ4v) is 2.08. The van der Waals surface area contributed by atoms with Gasteiger partial charge in [-0.25, -0.2) is 4.39 Å². The maximum Gasteiger partial charge on any atom is 0.226 e. The van der Waals surface area contributed by atoms with Gasteiger partial charge in [0.25, 0.3) is 0 Å². The Kier molecular flexibility index (Phi) is 6.34. The first-order chi connectivity index (χ1) is 9.86. The Balaban J connectivity index is 2.71. The number of rotatable bonds is 7. The number of nitrogens with one attached hydrogen (secondary N) is 1. The van der Waals surface area contributed by atoms with Crippen LogP contribution < -0.4 is 10.2 Å². The summed E-state index contributed by atoms with van der Waals surface area (Å²) in [5, 5.41) is 2.10. The number of hydrogen-bond donors (Lipinski definition) is 1. The topological polar surface area (TPSA) is 49.4 Å². The molecule has 1 atom stereocenters. The van der Waals surface area contributed by atoms with Crippen LogP contribution in [0.25, 0.3) is 0 Å². The number of carbonyl (C=O) groups is 2. The van der Waals surface area contributed by atoms with Gasteiger partial charge < -0.3 is 4.90 Å². The average molecular weight is 294 g/mol. The Morgan fingerprint density at radius 2 is 2.05 bits per heavy atom. The van der Waals surface area contributed by atoms with E-state index in [9.17, 15) is 14.0 Å². The molecule has 0 spiro atoms. The minimum absolute atomic E-state index is 0.0122. The third-order valence-corrected chi connectivity index (χ3v) is 3.69. The van der Waals surface area contributed by atoms with Crippen molar-refractivity contribution in [1.29, 1.82) is 0 Å². The molecule has 0 aliphatic heterocycles. The summed E-state index contributed by atoms with van der Waals surface area (Å²) >= 11 is 0. The normalized spacial score (nSPS) is 12.1. The molecule has 4 nitrogen and oxygen atoms in total. The average Bonchev–Trinajstić information content (AvgIpc) is 2.44. The lowest BCUT2D eigenvalue weighted by atomic mass is 10.0. The molecule has 0 radical (unpaired) electrons. The standard InChI is InChI=1S/C16H23FN2O2/c1-11(2)13-6-7-15(14(17)9-13)19(4)12(3)5-8-16(21)18-10-20/h6-7,9-12H,5,8H2,1-4H3,(H,18,20,21).